The molecule has 3 heterocycles. The molecular weight excluding hydrogens is 342 g/mol. The Bertz CT molecular complexity index is 828. The molecule has 9 nitrogen and oxygen atoms in total. The number of aromatic nitrogens is 4. The maximum absolute atomic E-state index is 12.1. The molecule has 1 fully saturated rings. The van der Waals surface area contributed by atoms with Crippen molar-refractivity contribution >= 4 is 16.0 Å². The van der Waals surface area contributed by atoms with Gasteiger partial charge in [-0.25, -0.2) is 19.7 Å². The molecule has 0 aliphatic carbocycles. The van der Waals surface area contributed by atoms with Crippen LogP contribution in [0.3, 0.4) is 0 Å². The van der Waals surface area contributed by atoms with Gasteiger partial charge in [0.05, 0.1) is 0 Å². The van der Waals surface area contributed by atoms with E-state index in [2.05, 4.69) is 25.0 Å². The Labute approximate surface area is 147 Å². The van der Waals surface area contributed by atoms with Crippen LogP contribution in [0.5, 0.6) is 0 Å². The van der Waals surface area contributed by atoms with Crippen LogP contribution in [0.1, 0.15) is 24.5 Å². The van der Waals surface area contributed by atoms with Crippen LogP contribution in [-0.2, 0) is 10.2 Å². The quantitative estimate of drug-likeness (QED) is 0.697. The van der Waals surface area contributed by atoms with Gasteiger partial charge in [-0.15, -0.1) is 0 Å². The molecule has 0 atom stereocenters. The van der Waals surface area contributed by atoms with Crippen molar-refractivity contribution in [2.45, 2.75) is 26.7 Å². The van der Waals surface area contributed by atoms with E-state index in [-0.39, 0.29) is 0 Å². The molecule has 1 aliphatic rings. The summed E-state index contributed by atoms with van der Waals surface area (Å²) in [4.78, 5) is 12.9. The number of aryl methyl sites for hydroxylation is 2. The molecule has 0 amide bonds. The average Bonchev–Trinajstić information content (AvgIpc) is 3.23. The van der Waals surface area contributed by atoms with Gasteiger partial charge in [0.25, 0.3) is 10.2 Å². The van der Waals surface area contributed by atoms with E-state index in [1.165, 1.54) is 4.31 Å². The highest BCUT2D eigenvalue weighted by molar-refractivity contribution is 7.87. The van der Waals surface area contributed by atoms with Gasteiger partial charge >= 0.3 is 0 Å². The van der Waals surface area contributed by atoms with Gasteiger partial charge < -0.3 is 5.32 Å². The fourth-order valence-corrected chi connectivity index (χ4v) is 4.06. The molecule has 2 aromatic rings. The van der Waals surface area contributed by atoms with Crippen LogP contribution in [0.15, 0.2) is 18.5 Å². The van der Waals surface area contributed by atoms with Crippen LogP contribution < -0.4 is 10.0 Å². The molecule has 3 rings (SSSR count). The summed E-state index contributed by atoms with van der Waals surface area (Å²) in [5, 5.41) is 3.14. The van der Waals surface area contributed by atoms with Gasteiger partial charge in [-0.05, 0) is 26.7 Å². The van der Waals surface area contributed by atoms with Crippen molar-refractivity contribution in [2.75, 3.05) is 31.5 Å². The molecule has 2 aromatic heterocycles. The fraction of sp³-hybridized carbons (Fsp3) is 0.533. The zero-order valence-corrected chi connectivity index (χ0v) is 15.3. The largest absolute Gasteiger partial charge is 0.369 e. The number of hydrogen-bond acceptors (Lipinski definition) is 6. The highest BCUT2D eigenvalue weighted by atomic mass is 32.2. The maximum atomic E-state index is 12.1. The Hall–Kier alpha value is -2.04. The smallest absolute Gasteiger partial charge is 0.279 e. The van der Waals surface area contributed by atoms with Crippen LogP contribution >= 0.6 is 0 Å². The van der Waals surface area contributed by atoms with E-state index in [4.69, 9.17) is 0 Å². The molecule has 1 saturated heterocycles. The molecule has 0 saturated carbocycles. The van der Waals surface area contributed by atoms with Gasteiger partial charge in [-0.3, -0.25) is 4.57 Å². The molecule has 0 radical (unpaired) electrons. The van der Waals surface area contributed by atoms with E-state index in [9.17, 15) is 8.42 Å². The standard InChI is InChI=1S/C15H23N7O2S/c1-12-19-14(11-15(20-12)22-10-7-16-13(22)2)17-5-6-18-25(23,24)21-8-3-4-9-21/h7,10-11,18H,3-6,8-9H2,1-2H3,(H,17,19,20). The summed E-state index contributed by atoms with van der Waals surface area (Å²) >= 11 is 0. The van der Waals surface area contributed by atoms with Crippen molar-refractivity contribution in [2.24, 2.45) is 0 Å². The van der Waals surface area contributed by atoms with Gasteiger partial charge in [-0.2, -0.15) is 12.7 Å². The summed E-state index contributed by atoms with van der Waals surface area (Å²) < 4.78 is 30.2. The Kier molecular flexibility index (Phi) is 5.30. The van der Waals surface area contributed by atoms with Gasteiger partial charge in [0.15, 0.2) is 0 Å². The molecular formula is C15H23N7O2S. The first kappa shape index (κ1) is 17.8. The van der Waals surface area contributed by atoms with E-state index in [1.54, 1.807) is 6.20 Å². The van der Waals surface area contributed by atoms with Crippen molar-refractivity contribution in [1.29, 1.82) is 0 Å². The predicted octanol–water partition coefficient (Wildman–Crippen LogP) is 0.621. The highest BCUT2D eigenvalue weighted by Crippen LogP contribution is 2.13. The summed E-state index contributed by atoms with van der Waals surface area (Å²) in [6, 6.07) is 1.82. The Morgan fingerprint density at radius 1 is 1.16 bits per heavy atom. The van der Waals surface area contributed by atoms with E-state index in [0.717, 1.165) is 24.5 Å². The molecule has 0 aromatic carbocycles. The van der Waals surface area contributed by atoms with Gasteiger partial charge in [0, 0.05) is 44.6 Å². The summed E-state index contributed by atoms with van der Waals surface area (Å²) in [6.45, 7) is 5.64. The maximum Gasteiger partial charge on any atom is 0.279 e. The van der Waals surface area contributed by atoms with Crippen LogP contribution in [0, 0.1) is 13.8 Å². The first-order valence-electron chi connectivity index (χ1n) is 8.30. The lowest BCUT2D eigenvalue weighted by atomic mass is 10.4. The van der Waals surface area contributed by atoms with Crippen LogP contribution in [0.2, 0.25) is 0 Å². The van der Waals surface area contributed by atoms with Crippen molar-refractivity contribution in [3.63, 3.8) is 0 Å². The van der Waals surface area contributed by atoms with Gasteiger partial charge in [-0.1, -0.05) is 0 Å². The summed E-state index contributed by atoms with van der Waals surface area (Å²) in [7, 11) is -3.37. The molecule has 0 spiro atoms. The second-order valence-electron chi connectivity index (χ2n) is 5.94. The van der Waals surface area contributed by atoms with Crippen molar-refractivity contribution in [1.82, 2.24) is 28.5 Å². The minimum absolute atomic E-state index is 0.293. The third-order valence-electron chi connectivity index (χ3n) is 4.02. The van der Waals surface area contributed by atoms with Crippen LogP contribution in [0.25, 0.3) is 5.82 Å². The summed E-state index contributed by atoms with van der Waals surface area (Å²) in [5.74, 6) is 2.84. The van der Waals surface area contributed by atoms with Crippen molar-refractivity contribution in [3.8, 4) is 5.82 Å². The fourth-order valence-electron chi connectivity index (χ4n) is 2.78. The molecule has 25 heavy (non-hydrogen) atoms. The lowest BCUT2D eigenvalue weighted by Crippen LogP contribution is -2.40. The second kappa shape index (κ2) is 7.46. The van der Waals surface area contributed by atoms with E-state index in [0.29, 0.717) is 37.8 Å². The summed E-state index contributed by atoms with van der Waals surface area (Å²) in [5.41, 5.74) is 0. The molecule has 1 aliphatic heterocycles. The zero-order valence-electron chi connectivity index (χ0n) is 14.4. The van der Waals surface area contributed by atoms with Crippen molar-refractivity contribution in [3.05, 3.63) is 30.1 Å². The Morgan fingerprint density at radius 3 is 2.60 bits per heavy atom. The summed E-state index contributed by atoms with van der Waals surface area (Å²) in [6.07, 6.45) is 5.41. The lowest BCUT2D eigenvalue weighted by Gasteiger charge is -2.16. The monoisotopic (exact) mass is 365 g/mol. The predicted molar refractivity (Wildman–Crippen MR) is 94.8 cm³/mol. The minimum Gasteiger partial charge on any atom is -0.369 e. The average molecular weight is 365 g/mol. The number of nitrogens with one attached hydrogen (secondary N) is 2. The second-order valence-corrected chi connectivity index (χ2v) is 7.69. The lowest BCUT2D eigenvalue weighted by molar-refractivity contribution is 0.466. The van der Waals surface area contributed by atoms with E-state index in [1.807, 2.05) is 30.7 Å². The molecule has 0 bridgehead atoms. The molecule has 0 unspecified atom stereocenters. The first-order valence-corrected chi connectivity index (χ1v) is 9.74. The third kappa shape index (κ3) is 4.33. The minimum atomic E-state index is -3.37. The topological polar surface area (TPSA) is 105 Å². The highest BCUT2D eigenvalue weighted by Gasteiger charge is 2.24. The number of rotatable bonds is 7. The molecule has 10 heteroatoms. The number of nitrogens with zero attached hydrogens (tertiary/aromatic N) is 5. The third-order valence-corrected chi connectivity index (χ3v) is 5.63. The van der Waals surface area contributed by atoms with Gasteiger partial charge in [0.1, 0.15) is 23.3 Å². The normalized spacial score (nSPS) is 15.6. The molecule has 136 valence electrons. The Balaban J connectivity index is 1.58. The van der Waals surface area contributed by atoms with E-state index >= 15 is 0 Å². The van der Waals surface area contributed by atoms with Crippen LogP contribution in [0.4, 0.5) is 5.82 Å². The van der Waals surface area contributed by atoms with Gasteiger partial charge in [0.2, 0.25) is 0 Å². The SMILES string of the molecule is Cc1nc(NCCNS(=O)(=O)N2CCCC2)cc(-n2ccnc2C)n1. The number of anilines is 1. The van der Waals surface area contributed by atoms with E-state index < -0.39 is 10.2 Å². The zero-order chi connectivity index (χ0) is 17.9. The number of hydrogen-bond donors (Lipinski definition) is 2. The Morgan fingerprint density at radius 2 is 1.92 bits per heavy atom. The first-order chi connectivity index (χ1) is 12.0. The van der Waals surface area contributed by atoms with Crippen LogP contribution in [-0.4, -0.2) is 58.4 Å². The van der Waals surface area contributed by atoms with Crippen molar-refractivity contribution < 1.29 is 8.42 Å². The molecule has 2 N–H and O–H groups in total. The number of imidazole rings is 1.